The van der Waals surface area contributed by atoms with E-state index in [-0.39, 0.29) is 12.5 Å². The number of nitrogens with zero attached hydrogens (tertiary/aromatic N) is 1. The lowest BCUT2D eigenvalue weighted by molar-refractivity contribution is -0.139. The van der Waals surface area contributed by atoms with Crippen molar-refractivity contribution < 1.29 is 19.1 Å². The quantitative estimate of drug-likeness (QED) is 0.272. The molecule has 190 valence electrons. The van der Waals surface area contributed by atoms with E-state index < -0.39 is 5.97 Å². The Morgan fingerprint density at radius 3 is 2.32 bits per heavy atom. The average Bonchev–Trinajstić information content (AvgIpc) is 3.34. The number of carbonyl (C=O) groups is 1. The molecule has 1 aliphatic carbocycles. The van der Waals surface area contributed by atoms with Crippen LogP contribution in [-0.4, -0.2) is 22.7 Å². The van der Waals surface area contributed by atoms with E-state index in [0.717, 1.165) is 59.7 Å². The number of oxazole rings is 1. The van der Waals surface area contributed by atoms with E-state index in [1.54, 1.807) is 6.07 Å². The van der Waals surface area contributed by atoms with Gasteiger partial charge in [-0.05, 0) is 56.7 Å². The molecule has 5 rings (SSSR count). The molecule has 0 amide bonds. The molecule has 37 heavy (non-hydrogen) atoms. The Morgan fingerprint density at radius 2 is 1.62 bits per heavy atom. The zero-order chi connectivity index (χ0) is 25.8. The molecule has 0 bridgehead atoms. The van der Waals surface area contributed by atoms with Crippen LogP contribution in [0.25, 0.3) is 22.6 Å². The monoisotopic (exact) mass is 495 g/mol. The third kappa shape index (κ3) is 5.93. The Kier molecular flexibility index (Phi) is 7.40. The zero-order valence-corrected chi connectivity index (χ0v) is 21.4. The molecule has 5 nitrogen and oxygen atoms in total. The van der Waals surface area contributed by atoms with Gasteiger partial charge in [0.25, 0.3) is 0 Å². The molecule has 1 aliphatic rings. The van der Waals surface area contributed by atoms with Crippen molar-refractivity contribution in [2.45, 2.75) is 51.9 Å². The summed E-state index contributed by atoms with van der Waals surface area (Å²) in [6.07, 6.45) is 5.36. The van der Waals surface area contributed by atoms with Crippen molar-refractivity contribution in [2.24, 2.45) is 5.92 Å². The zero-order valence-electron chi connectivity index (χ0n) is 21.4. The summed E-state index contributed by atoms with van der Waals surface area (Å²) in [5.74, 6) is 1.86. The number of carboxylic acid groups (broad SMARTS) is 1. The molecule has 0 radical (unpaired) electrons. The third-order valence-corrected chi connectivity index (χ3v) is 7.27. The SMILES string of the molecule is Cc1ccc(-c2nc(C3CCCCC3Cc3cccc(OCC(=O)O)c3)oc2-c2ccc(C)cc2)cc1. The Hall–Kier alpha value is -3.86. The van der Waals surface area contributed by atoms with Gasteiger partial charge in [-0.1, -0.05) is 84.6 Å². The molecule has 1 fully saturated rings. The summed E-state index contributed by atoms with van der Waals surface area (Å²) in [5.41, 5.74) is 6.56. The maximum atomic E-state index is 10.9. The van der Waals surface area contributed by atoms with E-state index in [0.29, 0.717) is 11.7 Å². The highest BCUT2D eigenvalue weighted by Crippen LogP contribution is 2.43. The summed E-state index contributed by atoms with van der Waals surface area (Å²) in [7, 11) is 0. The number of hydrogen-bond acceptors (Lipinski definition) is 4. The summed E-state index contributed by atoms with van der Waals surface area (Å²) < 4.78 is 12.0. The van der Waals surface area contributed by atoms with E-state index in [9.17, 15) is 4.79 Å². The van der Waals surface area contributed by atoms with Crippen LogP contribution in [0.2, 0.25) is 0 Å². The van der Waals surface area contributed by atoms with Gasteiger partial charge in [-0.25, -0.2) is 9.78 Å². The van der Waals surface area contributed by atoms with Gasteiger partial charge >= 0.3 is 5.97 Å². The van der Waals surface area contributed by atoms with Gasteiger partial charge in [0.15, 0.2) is 18.3 Å². The summed E-state index contributed by atoms with van der Waals surface area (Å²) in [4.78, 5) is 16.0. The second kappa shape index (κ2) is 11.0. The molecule has 4 aromatic rings. The number of ether oxygens (including phenoxy) is 1. The van der Waals surface area contributed by atoms with E-state index in [1.807, 2.05) is 12.1 Å². The van der Waals surface area contributed by atoms with Crippen LogP contribution < -0.4 is 4.74 Å². The molecule has 0 saturated heterocycles. The van der Waals surface area contributed by atoms with Crippen LogP contribution >= 0.6 is 0 Å². The maximum absolute atomic E-state index is 10.9. The molecule has 0 spiro atoms. The predicted octanol–water partition coefficient (Wildman–Crippen LogP) is 7.61. The Balaban J connectivity index is 1.47. The average molecular weight is 496 g/mol. The Labute approximate surface area is 218 Å². The number of rotatable bonds is 8. The Morgan fingerprint density at radius 1 is 0.946 bits per heavy atom. The van der Waals surface area contributed by atoms with Crippen LogP contribution in [0.15, 0.2) is 77.2 Å². The van der Waals surface area contributed by atoms with Crippen LogP contribution in [0.4, 0.5) is 0 Å². The minimum Gasteiger partial charge on any atom is -0.482 e. The number of aliphatic carboxylic acids is 1. The molecule has 0 aliphatic heterocycles. The fourth-order valence-corrected chi connectivity index (χ4v) is 5.29. The molecule has 2 atom stereocenters. The lowest BCUT2D eigenvalue weighted by Crippen LogP contribution is -2.20. The van der Waals surface area contributed by atoms with Crippen molar-refractivity contribution >= 4 is 5.97 Å². The molecular formula is C32H33NO4. The van der Waals surface area contributed by atoms with Crippen molar-refractivity contribution in [2.75, 3.05) is 6.61 Å². The van der Waals surface area contributed by atoms with Crippen LogP contribution in [0.3, 0.4) is 0 Å². The summed E-state index contributed by atoms with van der Waals surface area (Å²) in [5, 5.41) is 8.94. The third-order valence-electron chi connectivity index (χ3n) is 7.27. The van der Waals surface area contributed by atoms with Gasteiger partial charge < -0.3 is 14.3 Å². The lowest BCUT2D eigenvalue weighted by Gasteiger charge is -2.29. The Bertz CT molecular complexity index is 1290. The van der Waals surface area contributed by atoms with E-state index in [1.165, 1.54) is 17.5 Å². The van der Waals surface area contributed by atoms with Gasteiger partial charge in [-0.2, -0.15) is 0 Å². The first-order valence-electron chi connectivity index (χ1n) is 13.0. The summed E-state index contributed by atoms with van der Waals surface area (Å²) in [6, 6.07) is 24.7. The van der Waals surface area contributed by atoms with Gasteiger partial charge in [0.2, 0.25) is 0 Å². The van der Waals surface area contributed by atoms with E-state index >= 15 is 0 Å². The van der Waals surface area contributed by atoms with E-state index in [2.05, 4.69) is 68.4 Å². The number of benzene rings is 3. The van der Waals surface area contributed by atoms with Crippen molar-refractivity contribution in [3.05, 3.63) is 95.4 Å². The molecule has 2 unspecified atom stereocenters. The highest BCUT2D eigenvalue weighted by atomic mass is 16.5. The summed E-state index contributed by atoms with van der Waals surface area (Å²) >= 11 is 0. The summed E-state index contributed by atoms with van der Waals surface area (Å²) in [6.45, 7) is 3.84. The molecule has 1 heterocycles. The fourth-order valence-electron chi connectivity index (χ4n) is 5.29. The van der Waals surface area contributed by atoms with Crippen molar-refractivity contribution in [1.29, 1.82) is 0 Å². The minimum absolute atomic E-state index is 0.223. The second-order valence-electron chi connectivity index (χ2n) is 10.1. The molecule has 1 N–H and O–H groups in total. The number of carboxylic acids is 1. The van der Waals surface area contributed by atoms with Crippen LogP contribution in [-0.2, 0) is 11.2 Å². The first kappa shape index (κ1) is 24.8. The van der Waals surface area contributed by atoms with Crippen LogP contribution in [0.1, 0.15) is 54.2 Å². The van der Waals surface area contributed by atoms with Crippen LogP contribution in [0.5, 0.6) is 5.75 Å². The van der Waals surface area contributed by atoms with Crippen molar-refractivity contribution in [3.8, 4) is 28.3 Å². The first-order chi connectivity index (χ1) is 18.0. The van der Waals surface area contributed by atoms with Crippen LogP contribution in [0, 0.1) is 19.8 Å². The van der Waals surface area contributed by atoms with Crippen molar-refractivity contribution in [3.63, 3.8) is 0 Å². The standard InChI is InChI=1S/C32H33NO4/c1-21-10-14-24(15-11-21)30-31(25-16-12-22(2)13-17-25)37-32(33-30)28-9-4-3-7-26(28)18-23-6-5-8-27(19-23)36-20-29(34)35/h5-6,8,10-17,19,26,28H,3-4,7,9,18,20H2,1-2H3,(H,34,35). The van der Waals surface area contributed by atoms with Crippen molar-refractivity contribution in [1.82, 2.24) is 4.98 Å². The predicted molar refractivity (Wildman–Crippen MR) is 145 cm³/mol. The van der Waals surface area contributed by atoms with Gasteiger partial charge in [0.1, 0.15) is 11.4 Å². The molecule has 1 aromatic heterocycles. The minimum atomic E-state index is -0.976. The normalized spacial score (nSPS) is 17.5. The number of aryl methyl sites for hydroxylation is 2. The largest absolute Gasteiger partial charge is 0.482 e. The molecule has 3 aromatic carbocycles. The maximum Gasteiger partial charge on any atom is 0.341 e. The topological polar surface area (TPSA) is 72.6 Å². The second-order valence-corrected chi connectivity index (χ2v) is 10.1. The van der Waals surface area contributed by atoms with E-state index in [4.69, 9.17) is 19.2 Å². The highest BCUT2D eigenvalue weighted by molar-refractivity contribution is 5.77. The molecular weight excluding hydrogens is 462 g/mol. The van der Waals surface area contributed by atoms with Gasteiger partial charge in [0, 0.05) is 17.0 Å². The lowest BCUT2D eigenvalue weighted by atomic mass is 9.76. The van der Waals surface area contributed by atoms with Gasteiger partial charge in [-0.15, -0.1) is 0 Å². The van der Waals surface area contributed by atoms with Gasteiger partial charge in [0.05, 0.1) is 0 Å². The van der Waals surface area contributed by atoms with Gasteiger partial charge in [-0.3, -0.25) is 0 Å². The smallest absolute Gasteiger partial charge is 0.341 e. The number of hydrogen-bond donors (Lipinski definition) is 1. The first-order valence-corrected chi connectivity index (χ1v) is 13.0. The molecule has 5 heteroatoms. The molecule has 1 saturated carbocycles. The fraction of sp³-hybridized carbons (Fsp3) is 0.312. The highest BCUT2D eigenvalue weighted by Gasteiger charge is 2.32. The number of aromatic nitrogens is 1.